The Hall–Kier alpha value is -3.12. The van der Waals surface area contributed by atoms with E-state index in [0.717, 1.165) is 35.6 Å². The summed E-state index contributed by atoms with van der Waals surface area (Å²) in [5, 5.41) is 12.1. The van der Waals surface area contributed by atoms with Gasteiger partial charge in [0.15, 0.2) is 0 Å². The van der Waals surface area contributed by atoms with Crippen LogP contribution in [0.1, 0.15) is 35.2 Å². The maximum absolute atomic E-state index is 13.1. The summed E-state index contributed by atoms with van der Waals surface area (Å²) in [5.74, 6) is 0.0221. The van der Waals surface area contributed by atoms with Gasteiger partial charge in [-0.05, 0) is 43.0 Å². The van der Waals surface area contributed by atoms with Crippen molar-refractivity contribution in [3.8, 4) is 5.75 Å². The van der Waals surface area contributed by atoms with Crippen LogP contribution in [-0.4, -0.2) is 23.5 Å². The lowest BCUT2D eigenvalue weighted by Gasteiger charge is -2.27. The van der Waals surface area contributed by atoms with Gasteiger partial charge in [-0.2, -0.15) is 0 Å². The second-order valence-electron chi connectivity index (χ2n) is 6.90. The van der Waals surface area contributed by atoms with Crippen LogP contribution in [0, 0.1) is 5.82 Å². The summed E-state index contributed by atoms with van der Waals surface area (Å²) in [7, 11) is 0. The number of amides is 1. The molecule has 1 aliphatic rings. The molecule has 1 amide bonds. The average Bonchev–Trinajstić information content (AvgIpc) is 2.71. The second-order valence-corrected chi connectivity index (χ2v) is 7.31. The predicted molar refractivity (Wildman–Crippen MR) is 113 cm³/mol. The lowest BCUT2D eigenvalue weighted by Crippen LogP contribution is -2.39. The molecule has 3 aromatic carbocycles. The van der Waals surface area contributed by atoms with Gasteiger partial charge >= 0.3 is 0 Å². The van der Waals surface area contributed by atoms with E-state index in [0.29, 0.717) is 16.3 Å². The first-order chi connectivity index (χ1) is 14.5. The number of carbonyl (C=O) groups is 2. The Morgan fingerprint density at radius 2 is 1.80 bits per heavy atom. The van der Waals surface area contributed by atoms with Crippen molar-refractivity contribution in [2.75, 3.05) is 0 Å². The van der Waals surface area contributed by atoms with Crippen molar-refractivity contribution in [1.29, 1.82) is 0 Å². The predicted octanol–water partition coefficient (Wildman–Crippen LogP) is 5.19. The molecule has 0 bridgehead atoms. The monoisotopic (exact) mass is 429 g/mol. The minimum atomic E-state index is -0.295. The number of hydrogen-bond acceptors (Lipinski definition) is 3. The number of nitrogens with one attached hydrogen (secondary N) is 1. The highest BCUT2D eigenvalue weighted by molar-refractivity contribution is 6.36. The van der Waals surface area contributed by atoms with Gasteiger partial charge < -0.3 is 15.2 Å². The number of carboxylic acid groups (broad SMARTS) is 1. The molecule has 5 nitrogen and oxygen atoms in total. The molecule has 0 heterocycles. The van der Waals surface area contributed by atoms with E-state index in [4.69, 9.17) is 26.2 Å². The van der Waals surface area contributed by atoms with Crippen LogP contribution in [0.15, 0.2) is 54.6 Å². The van der Waals surface area contributed by atoms with Crippen LogP contribution in [0.4, 0.5) is 4.39 Å². The van der Waals surface area contributed by atoms with Crippen molar-refractivity contribution in [2.24, 2.45) is 0 Å². The number of hydrogen-bond donors (Lipinski definition) is 2. The third kappa shape index (κ3) is 5.07. The third-order valence-electron chi connectivity index (χ3n) is 4.93. The molecule has 7 heteroatoms. The number of fused-ring (bicyclic) bond motifs is 1. The zero-order valence-corrected chi connectivity index (χ0v) is 16.9. The lowest BCUT2D eigenvalue weighted by molar-refractivity contribution is -0.122. The molecule has 0 aromatic heterocycles. The van der Waals surface area contributed by atoms with Crippen LogP contribution in [0.2, 0.25) is 5.02 Å². The third-order valence-corrected chi connectivity index (χ3v) is 5.24. The molecular weight excluding hydrogens is 409 g/mol. The van der Waals surface area contributed by atoms with Gasteiger partial charge in [0.25, 0.3) is 12.4 Å². The summed E-state index contributed by atoms with van der Waals surface area (Å²) in [6.07, 6.45) is 3.13. The molecule has 3 aromatic rings. The molecule has 1 fully saturated rings. The van der Waals surface area contributed by atoms with Crippen LogP contribution in [0.25, 0.3) is 10.8 Å². The molecule has 0 spiro atoms. The van der Waals surface area contributed by atoms with Gasteiger partial charge in [-0.15, -0.1) is 0 Å². The van der Waals surface area contributed by atoms with E-state index in [1.807, 2.05) is 24.3 Å². The van der Waals surface area contributed by atoms with Crippen LogP contribution in [0.3, 0.4) is 0 Å². The zero-order valence-electron chi connectivity index (χ0n) is 16.1. The number of carbonyl (C=O) groups excluding carboxylic acids is 1. The Balaban J connectivity index is 0.000000806. The second kappa shape index (κ2) is 10.1. The fourth-order valence-electron chi connectivity index (χ4n) is 3.18. The summed E-state index contributed by atoms with van der Waals surface area (Å²) in [6, 6.07) is 15.6. The molecule has 1 saturated carbocycles. The minimum Gasteiger partial charge on any atom is -0.487 e. The van der Waals surface area contributed by atoms with Crippen molar-refractivity contribution in [2.45, 2.75) is 31.9 Å². The number of halogens is 2. The summed E-state index contributed by atoms with van der Waals surface area (Å²) in [5.41, 5.74) is 1.24. The molecule has 0 atom stereocenters. The SMILES string of the molecule is O=C(NC1CCC1)c1cc(Cl)c2ccccc2c1OCc1ccc(F)cc1.O=CO. The standard InChI is InChI=1S/C22H19ClFNO2.CH2O2/c23-20-12-19(22(26)25-16-4-3-5-16)21(18-7-2-1-6-17(18)20)27-13-14-8-10-15(24)11-9-14;2-1-3/h1-2,6-12,16H,3-5,13H2,(H,25,26);1H,(H,2,3). The van der Waals surface area contributed by atoms with E-state index in [2.05, 4.69) is 5.32 Å². The largest absolute Gasteiger partial charge is 0.487 e. The Bertz CT molecular complexity index is 1040. The minimum absolute atomic E-state index is 0.179. The highest BCUT2D eigenvalue weighted by atomic mass is 35.5. The number of ether oxygens (including phenoxy) is 1. The molecule has 0 aliphatic heterocycles. The van der Waals surface area contributed by atoms with Crippen LogP contribution in [0.5, 0.6) is 5.75 Å². The molecular formula is C23H21ClFNO4. The smallest absolute Gasteiger partial charge is 0.290 e. The molecule has 1 aliphatic carbocycles. The van der Waals surface area contributed by atoms with Gasteiger partial charge in [0.1, 0.15) is 18.2 Å². The van der Waals surface area contributed by atoms with Gasteiger partial charge in [-0.3, -0.25) is 9.59 Å². The van der Waals surface area contributed by atoms with Gasteiger partial charge in [0.05, 0.1) is 5.56 Å². The topological polar surface area (TPSA) is 75.6 Å². The van der Waals surface area contributed by atoms with Crippen LogP contribution < -0.4 is 10.1 Å². The maximum atomic E-state index is 13.1. The van der Waals surface area contributed by atoms with Crippen molar-refractivity contribution in [1.82, 2.24) is 5.32 Å². The highest BCUT2D eigenvalue weighted by Crippen LogP contribution is 2.36. The Kier molecular flexibility index (Phi) is 7.25. The first kappa shape index (κ1) is 21.6. The quantitative estimate of drug-likeness (QED) is 0.547. The fourth-order valence-corrected chi connectivity index (χ4v) is 3.45. The summed E-state index contributed by atoms with van der Waals surface area (Å²) < 4.78 is 19.2. The van der Waals surface area contributed by atoms with Crippen LogP contribution >= 0.6 is 11.6 Å². The Labute approximate surface area is 178 Å². The van der Waals surface area contributed by atoms with Gasteiger partial charge in [-0.1, -0.05) is 48.0 Å². The normalized spacial score (nSPS) is 13.0. The highest BCUT2D eigenvalue weighted by Gasteiger charge is 2.24. The van der Waals surface area contributed by atoms with E-state index in [1.165, 1.54) is 12.1 Å². The molecule has 0 saturated heterocycles. The van der Waals surface area contributed by atoms with E-state index < -0.39 is 0 Å². The summed E-state index contributed by atoms with van der Waals surface area (Å²) in [4.78, 5) is 21.2. The first-order valence-electron chi connectivity index (χ1n) is 9.50. The zero-order chi connectivity index (χ0) is 21.5. The van der Waals surface area contributed by atoms with E-state index in [9.17, 15) is 9.18 Å². The van der Waals surface area contributed by atoms with E-state index in [1.54, 1.807) is 18.2 Å². The van der Waals surface area contributed by atoms with Crippen molar-refractivity contribution in [3.63, 3.8) is 0 Å². The van der Waals surface area contributed by atoms with Gasteiger partial charge in [0.2, 0.25) is 0 Å². The summed E-state index contributed by atoms with van der Waals surface area (Å²) in [6.45, 7) is -0.0182. The first-order valence-corrected chi connectivity index (χ1v) is 9.88. The average molecular weight is 430 g/mol. The molecule has 0 radical (unpaired) electrons. The van der Waals surface area contributed by atoms with Gasteiger partial charge in [0, 0.05) is 21.8 Å². The van der Waals surface area contributed by atoms with Crippen molar-refractivity contribution < 1.29 is 23.8 Å². The van der Waals surface area contributed by atoms with Crippen molar-refractivity contribution in [3.05, 3.63) is 76.6 Å². The number of rotatable bonds is 5. The fraction of sp³-hybridized carbons (Fsp3) is 0.217. The maximum Gasteiger partial charge on any atom is 0.290 e. The Morgan fingerprint density at radius 3 is 2.40 bits per heavy atom. The number of benzene rings is 3. The van der Waals surface area contributed by atoms with E-state index in [-0.39, 0.29) is 30.8 Å². The van der Waals surface area contributed by atoms with Crippen LogP contribution in [-0.2, 0) is 11.4 Å². The molecule has 30 heavy (non-hydrogen) atoms. The summed E-state index contributed by atoms with van der Waals surface area (Å²) >= 11 is 6.42. The van der Waals surface area contributed by atoms with Crippen molar-refractivity contribution >= 4 is 34.8 Å². The molecule has 0 unspecified atom stereocenters. The lowest BCUT2D eigenvalue weighted by atomic mass is 9.92. The Morgan fingerprint density at radius 1 is 1.17 bits per heavy atom. The molecule has 2 N–H and O–H groups in total. The van der Waals surface area contributed by atoms with E-state index >= 15 is 0 Å². The molecule has 156 valence electrons. The van der Waals surface area contributed by atoms with Gasteiger partial charge in [-0.25, -0.2) is 4.39 Å². The molecule has 4 rings (SSSR count).